The predicted molar refractivity (Wildman–Crippen MR) is 64.3 cm³/mol. The third kappa shape index (κ3) is 2.94. The molecule has 1 rings (SSSR count). The van der Waals surface area contributed by atoms with Gasteiger partial charge in [-0.15, -0.1) is 0 Å². The normalized spacial score (nSPS) is 13.9. The summed E-state index contributed by atoms with van der Waals surface area (Å²) in [5, 5.41) is 4.01. The van der Waals surface area contributed by atoms with Gasteiger partial charge in [-0.05, 0) is 38.6 Å². The van der Waals surface area contributed by atoms with Gasteiger partial charge in [0.05, 0.1) is 11.6 Å². The van der Waals surface area contributed by atoms with Crippen LogP contribution in [-0.2, 0) is 4.74 Å². The van der Waals surface area contributed by atoms with Gasteiger partial charge in [0.2, 0.25) is 0 Å². The molecule has 1 aromatic carbocycles. The van der Waals surface area contributed by atoms with Crippen molar-refractivity contribution in [2.24, 2.45) is 0 Å². The Hall–Kier alpha value is -0.570. The van der Waals surface area contributed by atoms with E-state index in [1.807, 2.05) is 31.3 Å². The monoisotopic (exact) mass is 227 g/mol. The summed E-state index contributed by atoms with van der Waals surface area (Å²) in [6.07, 6.45) is 0. The molecule has 1 atom stereocenters. The van der Waals surface area contributed by atoms with Gasteiger partial charge in [-0.2, -0.15) is 0 Å². The summed E-state index contributed by atoms with van der Waals surface area (Å²) in [6.45, 7) is 4.12. The van der Waals surface area contributed by atoms with Crippen LogP contribution in [0, 0.1) is 0 Å². The number of rotatable bonds is 4. The van der Waals surface area contributed by atoms with E-state index in [0.717, 1.165) is 5.02 Å². The lowest BCUT2D eigenvalue weighted by atomic mass is 9.92. The van der Waals surface area contributed by atoms with Gasteiger partial charge in [0.15, 0.2) is 0 Å². The number of hydrogen-bond donors (Lipinski definition) is 1. The van der Waals surface area contributed by atoms with E-state index in [0.29, 0.717) is 0 Å². The molecule has 0 aliphatic rings. The van der Waals surface area contributed by atoms with Gasteiger partial charge in [0.25, 0.3) is 0 Å². The highest BCUT2D eigenvalue weighted by atomic mass is 35.5. The van der Waals surface area contributed by atoms with E-state index < -0.39 is 0 Å². The number of ether oxygens (including phenoxy) is 1. The second kappa shape index (κ2) is 4.97. The first-order valence-electron chi connectivity index (χ1n) is 4.99. The molecule has 1 aromatic rings. The molecule has 15 heavy (non-hydrogen) atoms. The fourth-order valence-electron chi connectivity index (χ4n) is 1.69. The number of benzene rings is 1. The van der Waals surface area contributed by atoms with Crippen LogP contribution in [0.3, 0.4) is 0 Å². The molecule has 0 amide bonds. The molecule has 0 aliphatic heterocycles. The van der Waals surface area contributed by atoms with Crippen LogP contribution in [0.4, 0.5) is 0 Å². The minimum atomic E-state index is -0.247. The summed E-state index contributed by atoms with van der Waals surface area (Å²) in [5.41, 5.74) is 0.927. The molecule has 0 aliphatic carbocycles. The van der Waals surface area contributed by atoms with Crippen molar-refractivity contribution in [2.45, 2.75) is 25.5 Å². The average Bonchev–Trinajstić information content (AvgIpc) is 2.22. The zero-order chi connectivity index (χ0) is 11.5. The second-order valence-corrected chi connectivity index (χ2v) is 4.52. The Kier molecular flexibility index (Phi) is 4.14. The number of likely N-dealkylation sites (N-methyl/N-ethyl adjacent to an activating group) is 1. The maximum atomic E-state index is 5.86. The number of halogens is 1. The Morgan fingerprint density at radius 3 is 2.20 bits per heavy atom. The first-order chi connectivity index (χ1) is 7.01. The van der Waals surface area contributed by atoms with E-state index in [-0.39, 0.29) is 11.6 Å². The van der Waals surface area contributed by atoms with Gasteiger partial charge in [-0.3, -0.25) is 0 Å². The Bertz CT molecular complexity index is 308. The van der Waals surface area contributed by atoms with E-state index in [9.17, 15) is 0 Å². The molecule has 84 valence electrons. The first kappa shape index (κ1) is 12.5. The quantitative estimate of drug-likeness (QED) is 0.854. The molecule has 0 radical (unpaired) electrons. The Morgan fingerprint density at radius 1 is 1.27 bits per heavy atom. The highest BCUT2D eigenvalue weighted by molar-refractivity contribution is 6.30. The molecule has 0 heterocycles. The molecule has 0 fully saturated rings. The van der Waals surface area contributed by atoms with Crippen molar-refractivity contribution >= 4 is 11.6 Å². The van der Waals surface area contributed by atoms with E-state index in [1.54, 1.807) is 7.11 Å². The Morgan fingerprint density at radius 2 is 1.80 bits per heavy atom. The molecular weight excluding hydrogens is 210 g/mol. The molecule has 0 bridgehead atoms. The van der Waals surface area contributed by atoms with Crippen molar-refractivity contribution in [3.05, 3.63) is 34.9 Å². The molecular formula is C12H18ClNO. The van der Waals surface area contributed by atoms with Crippen molar-refractivity contribution < 1.29 is 4.74 Å². The van der Waals surface area contributed by atoms with Gasteiger partial charge in [0.1, 0.15) is 0 Å². The lowest BCUT2D eigenvalue weighted by Crippen LogP contribution is -2.39. The van der Waals surface area contributed by atoms with Crippen molar-refractivity contribution in [1.29, 1.82) is 0 Å². The van der Waals surface area contributed by atoms with Crippen molar-refractivity contribution in [3.63, 3.8) is 0 Å². The molecule has 1 unspecified atom stereocenters. The van der Waals surface area contributed by atoms with Gasteiger partial charge in [-0.25, -0.2) is 0 Å². The molecule has 0 spiro atoms. The zero-order valence-corrected chi connectivity index (χ0v) is 10.4. The van der Waals surface area contributed by atoms with Gasteiger partial charge >= 0.3 is 0 Å². The zero-order valence-electron chi connectivity index (χ0n) is 9.67. The van der Waals surface area contributed by atoms with Gasteiger partial charge in [-0.1, -0.05) is 23.7 Å². The van der Waals surface area contributed by atoms with Crippen LogP contribution in [0.5, 0.6) is 0 Å². The summed E-state index contributed by atoms with van der Waals surface area (Å²) >= 11 is 5.86. The average molecular weight is 228 g/mol. The van der Waals surface area contributed by atoms with E-state index in [2.05, 4.69) is 19.2 Å². The summed E-state index contributed by atoms with van der Waals surface area (Å²) in [6, 6.07) is 7.98. The fraction of sp³-hybridized carbons (Fsp3) is 0.500. The molecule has 2 nitrogen and oxygen atoms in total. The lowest BCUT2D eigenvalue weighted by molar-refractivity contribution is -0.00898. The minimum absolute atomic E-state index is 0.153. The smallest absolute Gasteiger partial charge is 0.0816 e. The van der Waals surface area contributed by atoms with Crippen LogP contribution in [0.25, 0.3) is 0 Å². The molecule has 0 aromatic heterocycles. The highest BCUT2D eigenvalue weighted by Gasteiger charge is 2.29. The topological polar surface area (TPSA) is 21.3 Å². The van der Waals surface area contributed by atoms with Crippen molar-refractivity contribution in [1.82, 2.24) is 5.32 Å². The van der Waals surface area contributed by atoms with Gasteiger partial charge in [0, 0.05) is 12.1 Å². The van der Waals surface area contributed by atoms with Gasteiger partial charge < -0.3 is 10.1 Å². The number of hydrogen-bond acceptors (Lipinski definition) is 2. The molecule has 0 saturated heterocycles. The predicted octanol–water partition coefficient (Wildman–Crippen LogP) is 3.03. The Balaban J connectivity index is 2.97. The van der Waals surface area contributed by atoms with E-state index in [4.69, 9.17) is 16.3 Å². The Labute approximate surface area is 96.6 Å². The number of nitrogens with one attached hydrogen (secondary N) is 1. The molecule has 0 saturated carbocycles. The minimum Gasteiger partial charge on any atom is -0.377 e. The van der Waals surface area contributed by atoms with Crippen LogP contribution in [0.2, 0.25) is 5.02 Å². The van der Waals surface area contributed by atoms with E-state index >= 15 is 0 Å². The molecule has 3 heteroatoms. The highest BCUT2D eigenvalue weighted by Crippen LogP contribution is 2.28. The van der Waals surface area contributed by atoms with Crippen LogP contribution in [-0.4, -0.2) is 19.8 Å². The fourth-order valence-corrected chi connectivity index (χ4v) is 1.81. The third-order valence-corrected chi connectivity index (χ3v) is 2.97. The van der Waals surface area contributed by atoms with Crippen LogP contribution in [0.15, 0.2) is 24.3 Å². The summed E-state index contributed by atoms with van der Waals surface area (Å²) < 4.78 is 5.48. The van der Waals surface area contributed by atoms with Crippen LogP contribution < -0.4 is 5.32 Å². The first-order valence-corrected chi connectivity index (χ1v) is 5.37. The van der Waals surface area contributed by atoms with Crippen LogP contribution >= 0.6 is 11.6 Å². The SMILES string of the molecule is CNC(c1ccc(Cl)cc1)C(C)(C)OC. The summed E-state index contributed by atoms with van der Waals surface area (Å²) in [4.78, 5) is 0. The van der Waals surface area contributed by atoms with Crippen molar-refractivity contribution in [3.8, 4) is 0 Å². The van der Waals surface area contributed by atoms with E-state index in [1.165, 1.54) is 5.56 Å². The van der Waals surface area contributed by atoms with Crippen molar-refractivity contribution in [2.75, 3.05) is 14.2 Å². The molecule has 1 N–H and O–H groups in total. The summed E-state index contributed by atoms with van der Waals surface area (Å²) in [5.74, 6) is 0. The van der Waals surface area contributed by atoms with Crippen LogP contribution in [0.1, 0.15) is 25.5 Å². The lowest BCUT2D eigenvalue weighted by Gasteiger charge is -2.33. The second-order valence-electron chi connectivity index (χ2n) is 4.08. The maximum Gasteiger partial charge on any atom is 0.0816 e. The number of methoxy groups -OCH3 is 1. The third-order valence-electron chi connectivity index (χ3n) is 2.71. The largest absolute Gasteiger partial charge is 0.377 e. The standard InChI is InChI=1S/C12H18ClNO/c1-12(2,15-4)11(14-3)9-5-7-10(13)8-6-9/h5-8,11,14H,1-4H3. The summed E-state index contributed by atoms with van der Waals surface area (Å²) in [7, 11) is 3.65. The maximum absolute atomic E-state index is 5.86.